The van der Waals surface area contributed by atoms with E-state index in [2.05, 4.69) is 35.4 Å². The van der Waals surface area contributed by atoms with E-state index in [-0.39, 0.29) is 0 Å². The first-order chi connectivity index (χ1) is 8.26. The first-order valence-corrected chi connectivity index (χ1v) is 6.24. The molecule has 17 heavy (non-hydrogen) atoms. The molecule has 1 heterocycles. The Hall–Kier alpha value is -1.63. The maximum absolute atomic E-state index is 9.00. The summed E-state index contributed by atoms with van der Waals surface area (Å²) < 4.78 is 0. The van der Waals surface area contributed by atoms with E-state index in [4.69, 9.17) is 5.26 Å². The number of nitrogens with zero attached hydrogens (tertiary/aromatic N) is 3. The highest BCUT2D eigenvalue weighted by molar-refractivity contribution is 5.50. The summed E-state index contributed by atoms with van der Waals surface area (Å²) in [4.78, 5) is 0. The summed E-state index contributed by atoms with van der Waals surface area (Å²) in [6, 6.07) is 4.27. The Morgan fingerprint density at radius 1 is 1.53 bits per heavy atom. The quantitative estimate of drug-likeness (QED) is 0.867. The van der Waals surface area contributed by atoms with Crippen LogP contribution in [0.5, 0.6) is 0 Å². The lowest BCUT2D eigenvalue weighted by atomic mass is 9.93. The van der Waals surface area contributed by atoms with Crippen molar-refractivity contribution >= 4 is 5.82 Å². The van der Waals surface area contributed by atoms with Gasteiger partial charge in [-0.3, -0.25) is 0 Å². The van der Waals surface area contributed by atoms with Crippen molar-refractivity contribution in [3.63, 3.8) is 0 Å². The second kappa shape index (κ2) is 5.13. The van der Waals surface area contributed by atoms with Crippen LogP contribution in [0.3, 0.4) is 0 Å². The van der Waals surface area contributed by atoms with Crippen LogP contribution >= 0.6 is 0 Å². The third-order valence-corrected chi connectivity index (χ3v) is 3.91. The van der Waals surface area contributed by atoms with Gasteiger partial charge in [-0.1, -0.05) is 20.3 Å². The average Bonchev–Trinajstić information content (AvgIpc) is 2.71. The molecule has 0 saturated heterocycles. The maximum Gasteiger partial charge on any atom is 0.166 e. The van der Waals surface area contributed by atoms with Gasteiger partial charge in [0.1, 0.15) is 6.07 Å². The van der Waals surface area contributed by atoms with E-state index in [0.717, 1.165) is 12.3 Å². The molecule has 1 aliphatic rings. The van der Waals surface area contributed by atoms with Gasteiger partial charge in [0, 0.05) is 6.04 Å². The van der Waals surface area contributed by atoms with E-state index in [1.54, 1.807) is 12.3 Å². The molecule has 1 fully saturated rings. The molecule has 1 saturated carbocycles. The highest BCUT2D eigenvalue weighted by Gasteiger charge is 2.31. The van der Waals surface area contributed by atoms with E-state index in [0.29, 0.717) is 23.3 Å². The molecular formula is C13H18N4. The third kappa shape index (κ3) is 2.38. The highest BCUT2D eigenvalue weighted by atomic mass is 15.2. The lowest BCUT2D eigenvalue weighted by Crippen LogP contribution is -2.25. The van der Waals surface area contributed by atoms with Crippen LogP contribution in [-0.4, -0.2) is 16.2 Å². The highest BCUT2D eigenvalue weighted by Crippen LogP contribution is 2.35. The molecule has 0 bridgehead atoms. The van der Waals surface area contributed by atoms with Gasteiger partial charge in [0.05, 0.1) is 11.8 Å². The average molecular weight is 230 g/mol. The molecule has 90 valence electrons. The van der Waals surface area contributed by atoms with Crippen LogP contribution in [0, 0.1) is 23.2 Å². The number of rotatable bonds is 3. The molecular weight excluding hydrogens is 212 g/mol. The predicted octanol–water partition coefficient (Wildman–Crippen LogP) is 2.58. The first-order valence-electron chi connectivity index (χ1n) is 6.24. The van der Waals surface area contributed by atoms with Crippen molar-refractivity contribution in [2.75, 3.05) is 5.32 Å². The molecule has 1 aromatic heterocycles. The van der Waals surface area contributed by atoms with E-state index >= 15 is 0 Å². The molecule has 0 amide bonds. The second-order valence-electron chi connectivity index (χ2n) is 4.76. The summed E-state index contributed by atoms with van der Waals surface area (Å²) in [5.41, 5.74) is 0.576. The van der Waals surface area contributed by atoms with Crippen LogP contribution in [0.25, 0.3) is 0 Å². The minimum absolute atomic E-state index is 0.420. The fourth-order valence-electron chi connectivity index (χ4n) is 2.73. The summed E-state index contributed by atoms with van der Waals surface area (Å²) in [5.74, 6) is 2.05. The number of hydrogen-bond donors (Lipinski definition) is 1. The summed E-state index contributed by atoms with van der Waals surface area (Å²) in [5, 5.41) is 20.2. The van der Waals surface area contributed by atoms with Crippen LogP contribution in [0.2, 0.25) is 0 Å². The zero-order valence-corrected chi connectivity index (χ0v) is 10.3. The van der Waals surface area contributed by atoms with Crippen LogP contribution < -0.4 is 5.32 Å². The lowest BCUT2D eigenvalue weighted by molar-refractivity contribution is 0.391. The van der Waals surface area contributed by atoms with Crippen LogP contribution in [0.15, 0.2) is 12.3 Å². The topological polar surface area (TPSA) is 61.6 Å². The van der Waals surface area contributed by atoms with E-state index < -0.39 is 0 Å². The number of nitrogens with one attached hydrogen (secondary N) is 1. The van der Waals surface area contributed by atoms with Crippen molar-refractivity contribution in [2.45, 2.75) is 39.2 Å². The van der Waals surface area contributed by atoms with E-state index in [1.807, 2.05) is 0 Å². The number of aromatic nitrogens is 2. The Morgan fingerprint density at radius 2 is 2.35 bits per heavy atom. The lowest BCUT2D eigenvalue weighted by Gasteiger charge is -2.21. The molecule has 0 spiro atoms. The van der Waals surface area contributed by atoms with Gasteiger partial charge >= 0.3 is 0 Å². The van der Waals surface area contributed by atoms with Crippen LogP contribution in [0.1, 0.15) is 38.7 Å². The molecule has 0 radical (unpaired) electrons. The predicted molar refractivity (Wildman–Crippen MR) is 66.3 cm³/mol. The standard InChI is InChI=1S/C13H18N4/c1-3-10-4-5-12(9(10)2)16-13-11(8-14)6-7-15-17-13/h6-7,9-10,12H,3-5H2,1-2H3,(H,16,17). The van der Waals surface area contributed by atoms with Crippen molar-refractivity contribution < 1.29 is 0 Å². The van der Waals surface area contributed by atoms with Gasteiger partial charge in [0.15, 0.2) is 5.82 Å². The Morgan fingerprint density at radius 3 is 3.00 bits per heavy atom. The molecule has 3 atom stereocenters. The third-order valence-electron chi connectivity index (χ3n) is 3.91. The minimum atomic E-state index is 0.420. The van der Waals surface area contributed by atoms with Crippen molar-refractivity contribution in [1.82, 2.24) is 10.2 Å². The maximum atomic E-state index is 9.00. The Bertz CT molecular complexity index is 424. The van der Waals surface area contributed by atoms with Gasteiger partial charge in [-0.05, 0) is 30.7 Å². The molecule has 1 aromatic rings. The Balaban J connectivity index is 2.09. The van der Waals surface area contributed by atoms with E-state index in [1.165, 1.54) is 12.8 Å². The zero-order valence-electron chi connectivity index (χ0n) is 10.3. The summed E-state index contributed by atoms with van der Waals surface area (Å²) in [6.07, 6.45) is 5.19. The monoisotopic (exact) mass is 230 g/mol. The van der Waals surface area contributed by atoms with Crippen LogP contribution in [-0.2, 0) is 0 Å². The molecule has 3 unspecified atom stereocenters. The Kier molecular flexibility index (Phi) is 3.58. The normalized spacial score (nSPS) is 27.7. The van der Waals surface area contributed by atoms with Crippen molar-refractivity contribution in [3.8, 4) is 6.07 Å². The van der Waals surface area contributed by atoms with Gasteiger partial charge < -0.3 is 5.32 Å². The molecule has 1 aliphatic carbocycles. The molecule has 4 heteroatoms. The fraction of sp³-hybridized carbons (Fsp3) is 0.615. The van der Waals surface area contributed by atoms with Crippen molar-refractivity contribution in [2.24, 2.45) is 11.8 Å². The molecule has 1 N–H and O–H groups in total. The van der Waals surface area contributed by atoms with Gasteiger partial charge in [-0.15, -0.1) is 5.10 Å². The van der Waals surface area contributed by atoms with Gasteiger partial charge in [-0.25, -0.2) is 0 Å². The largest absolute Gasteiger partial charge is 0.364 e. The van der Waals surface area contributed by atoms with Gasteiger partial charge in [0.25, 0.3) is 0 Å². The zero-order chi connectivity index (χ0) is 12.3. The van der Waals surface area contributed by atoms with Crippen LogP contribution in [0.4, 0.5) is 5.82 Å². The van der Waals surface area contributed by atoms with Crippen molar-refractivity contribution in [1.29, 1.82) is 5.26 Å². The first kappa shape index (κ1) is 11.8. The Labute approximate surface area is 102 Å². The molecule has 2 rings (SSSR count). The number of nitriles is 1. The summed E-state index contributed by atoms with van der Waals surface area (Å²) >= 11 is 0. The summed E-state index contributed by atoms with van der Waals surface area (Å²) in [6.45, 7) is 4.52. The van der Waals surface area contributed by atoms with E-state index in [9.17, 15) is 0 Å². The number of hydrogen-bond acceptors (Lipinski definition) is 4. The molecule has 0 aromatic carbocycles. The smallest absolute Gasteiger partial charge is 0.166 e. The number of anilines is 1. The fourth-order valence-corrected chi connectivity index (χ4v) is 2.73. The minimum Gasteiger partial charge on any atom is -0.364 e. The molecule has 4 nitrogen and oxygen atoms in total. The summed E-state index contributed by atoms with van der Waals surface area (Å²) in [7, 11) is 0. The van der Waals surface area contributed by atoms with Gasteiger partial charge in [0.2, 0.25) is 0 Å². The second-order valence-corrected chi connectivity index (χ2v) is 4.76. The van der Waals surface area contributed by atoms with Crippen molar-refractivity contribution in [3.05, 3.63) is 17.8 Å². The SMILES string of the molecule is CCC1CCC(Nc2nnccc2C#N)C1C. The van der Waals surface area contributed by atoms with Gasteiger partial charge in [-0.2, -0.15) is 10.4 Å². The molecule has 0 aliphatic heterocycles.